The van der Waals surface area contributed by atoms with Crippen molar-refractivity contribution >= 4 is 33.5 Å². The van der Waals surface area contributed by atoms with Gasteiger partial charge in [-0.1, -0.05) is 35.9 Å². The summed E-state index contributed by atoms with van der Waals surface area (Å²) in [7, 11) is 0. The largest absolute Gasteiger partial charge is 0.467 e. The van der Waals surface area contributed by atoms with Crippen LogP contribution in [-0.4, -0.2) is 35.1 Å². The van der Waals surface area contributed by atoms with E-state index < -0.39 is 11.9 Å². The molecule has 138 valence electrons. The third-order valence-corrected chi connectivity index (χ3v) is 4.58. The van der Waals surface area contributed by atoms with E-state index in [-0.39, 0.29) is 13.2 Å². The van der Waals surface area contributed by atoms with Gasteiger partial charge in [-0.15, -0.1) is 17.9 Å². The summed E-state index contributed by atoms with van der Waals surface area (Å²) in [4.78, 5) is 32.6. The highest BCUT2D eigenvalue weighted by atomic mass is 32.1. The average Bonchev–Trinajstić information content (AvgIpc) is 3.10. The van der Waals surface area contributed by atoms with Crippen LogP contribution >= 0.6 is 11.3 Å². The molecule has 0 atom stereocenters. The van der Waals surface area contributed by atoms with Gasteiger partial charge in [0.2, 0.25) is 5.88 Å². The van der Waals surface area contributed by atoms with Gasteiger partial charge in [0.05, 0.1) is 5.39 Å². The Morgan fingerprint density at radius 3 is 2.78 bits per heavy atom. The molecule has 7 nitrogen and oxygen atoms in total. The molecule has 0 aliphatic rings. The minimum atomic E-state index is -0.604. The second kappa shape index (κ2) is 8.41. The van der Waals surface area contributed by atoms with E-state index in [0.717, 1.165) is 26.9 Å². The summed E-state index contributed by atoms with van der Waals surface area (Å²) in [6, 6.07) is 7.48. The Morgan fingerprint density at radius 2 is 2.04 bits per heavy atom. The zero-order chi connectivity index (χ0) is 19.2. The second-order valence-electron chi connectivity index (χ2n) is 5.71. The molecule has 3 amide bonds. The molecule has 2 aromatic heterocycles. The van der Waals surface area contributed by atoms with Crippen molar-refractivity contribution in [3.8, 4) is 17.0 Å². The fourth-order valence-electron chi connectivity index (χ4n) is 2.41. The molecular formula is C19H18N4O3S. The van der Waals surface area contributed by atoms with Crippen LogP contribution in [0.3, 0.4) is 0 Å². The van der Waals surface area contributed by atoms with Gasteiger partial charge in [0.15, 0.2) is 6.61 Å². The molecule has 2 heterocycles. The molecule has 0 aliphatic heterocycles. The van der Waals surface area contributed by atoms with Crippen molar-refractivity contribution in [3.63, 3.8) is 0 Å². The van der Waals surface area contributed by atoms with E-state index in [1.54, 1.807) is 0 Å². The number of carbonyl (C=O) groups excluding carboxylic acids is 2. The quantitative estimate of drug-likeness (QED) is 0.639. The molecule has 0 bridgehead atoms. The highest BCUT2D eigenvalue weighted by Crippen LogP contribution is 2.37. The predicted octanol–water partition coefficient (Wildman–Crippen LogP) is 3.06. The number of hydrogen-bond acceptors (Lipinski definition) is 6. The van der Waals surface area contributed by atoms with Gasteiger partial charge in [-0.3, -0.25) is 10.1 Å². The molecular weight excluding hydrogens is 364 g/mol. The molecule has 0 saturated carbocycles. The third-order valence-electron chi connectivity index (χ3n) is 3.70. The molecule has 0 spiro atoms. The second-order valence-corrected chi connectivity index (χ2v) is 6.57. The summed E-state index contributed by atoms with van der Waals surface area (Å²) in [5.41, 5.74) is 3.12. The maximum absolute atomic E-state index is 11.9. The molecule has 1 aromatic carbocycles. The van der Waals surface area contributed by atoms with Gasteiger partial charge in [0, 0.05) is 17.5 Å². The zero-order valence-corrected chi connectivity index (χ0v) is 15.5. The molecule has 0 radical (unpaired) electrons. The lowest BCUT2D eigenvalue weighted by atomic mass is 10.0. The summed E-state index contributed by atoms with van der Waals surface area (Å²) in [6.07, 6.45) is 2.91. The van der Waals surface area contributed by atoms with Gasteiger partial charge in [-0.25, -0.2) is 14.8 Å². The topological polar surface area (TPSA) is 93.2 Å². The SMILES string of the molecule is C=CCNC(=O)NC(=O)COc1ncnc2scc(-c3ccc(C)cc3)c12. The molecule has 3 aromatic rings. The van der Waals surface area contributed by atoms with Gasteiger partial charge in [0.25, 0.3) is 5.91 Å². The van der Waals surface area contributed by atoms with Crippen molar-refractivity contribution in [2.45, 2.75) is 6.92 Å². The minimum absolute atomic E-state index is 0.265. The first kappa shape index (κ1) is 18.5. The predicted molar refractivity (Wildman–Crippen MR) is 105 cm³/mol. The number of thiophene rings is 1. The third kappa shape index (κ3) is 4.48. The number of urea groups is 1. The van der Waals surface area contributed by atoms with Crippen molar-refractivity contribution in [2.75, 3.05) is 13.2 Å². The van der Waals surface area contributed by atoms with Crippen LogP contribution in [-0.2, 0) is 4.79 Å². The first-order valence-electron chi connectivity index (χ1n) is 8.19. The van der Waals surface area contributed by atoms with Crippen molar-refractivity contribution in [1.82, 2.24) is 20.6 Å². The lowest BCUT2D eigenvalue weighted by Crippen LogP contribution is -2.41. The standard InChI is InChI=1S/C19H18N4O3S/c1-3-8-20-19(25)23-15(24)9-26-17-16-14(10-27-18(16)22-11-21-17)13-6-4-12(2)5-7-13/h3-7,10-11H,1,8-9H2,2H3,(H2,20,23,24,25). The number of fused-ring (bicyclic) bond motifs is 1. The number of rotatable bonds is 6. The van der Waals surface area contributed by atoms with Crippen LogP contribution in [0.25, 0.3) is 21.3 Å². The molecule has 0 aliphatic carbocycles. The van der Waals surface area contributed by atoms with Gasteiger partial charge in [-0.05, 0) is 12.5 Å². The number of ether oxygens (including phenoxy) is 1. The first-order chi connectivity index (χ1) is 13.1. The maximum atomic E-state index is 11.9. The number of nitrogens with zero attached hydrogens (tertiary/aromatic N) is 2. The van der Waals surface area contributed by atoms with E-state index in [2.05, 4.69) is 27.2 Å². The monoisotopic (exact) mass is 382 g/mol. The van der Waals surface area contributed by atoms with E-state index in [1.165, 1.54) is 23.7 Å². The normalized spacial score (nSPS) is 10.4. The Hall–Kier alpha value is -3.26. The Kier molecular flexibility index (Phi) is 5.77. The smallest absolute Gasteiger partial charge is 0.321 e. The Morgan fingerprint density at radius 1 is 1.26 bits per heavy atom. The minimum Gasteiger partial charge on any atom is -0.467 e. The summed E-state index contributed by atoms with van der Waals surface area (Å²) < 4.78 is 5.57. The maximum Gasteiger partial charge on any atom is 0.321 e. The average molecular weight is 382 g/mol. The number of aryl methyl sites for hydroxylation is 1. The van der Waals surface area contributed by atoms with Crippen LogP contribution < -0.4 is 15.4 Å². The molecule has 3 rings (SSSR count). The highest BCUT2D eigenvalue weighted by molar-refractivity contribution is 7.17. The molecule has 0 saturated heterocycles. The van der Waals surface area contributed by atoms with Crippen LogP contribution in [0.2, 0.25) is 0 Å². The molecule has 0 unspecified atom stereocenters. The van der Waals surface area contributed by atoms with E-state index >= 15 is 0 Å². The van der Waals surface area contributed by atoms with Crippen LogP contribution in [0.5, 0.6) is 5.88 Å². The number of imide groups is 1. The van der Waals surface area contributed by atoms with Crippen molar-refractivity contribution in [1.29, 1.82) is 0 Å². The number of hydrogen-bond donors (Lipinski definition) is 2. The summed E-state index contributed by atoms with van der Waals surface area (Å²) >= 11 is 1.48. The molecule has 27 heavy (non-hydrogen) atoms. The number of nitrogens with one attached hydrogen (secondary N) is 2. The van der Waals surface area contributed by atoms with Gasteiger partial charge >= 0.3 is 6.03 Å². The summed E-state index contributed by atoms with van der Waals surface area (Å²) in [6.45, 7) is 5.44. The number of amides is 3. The van der Waals surface area contributed by atoms with Crippen molar-refractivity contribution in [3.05, 3.63) is 54.2 Å². The van der Waals surface area contributed by atoms with Gasteiger partial charge < -0.3 is 10.1 Å². The van der Waals surface area contributed by atoms with Crippen LogP contribution in [0.4, 0.5) is 4.79 Å². The molecule has 8 heteroatoms. The first-order valence-corrected chi connectivity index (χ1v) is 9.07. The summed E-state index contributed by atoms with van der Waals surface area (Å²) in [5.74, 6) is -0.270. The number of carbonyl (C=O) groups is 2. The van der Waals surface area contributed by atoms with Crippen LogP contribution in [0.1, 0.15) is 5.56 Å². The van der Waals surface area contributed by atoms with Crippen molar-refractivity contribution in [2.24, 2.45) is 0 Å². The van der Waals surface area contributed by atoms with Crippen LogP contribution in [0, 0.1) is 6.92 Å². The summed E-state index contributed by atoms with van der Waals surface area (Å²) in [5, 5.41) is 7.36. The van der Waals surface area contributed by atoms with Gasteiger partial charge in [0.1, 0.15) is 11.2 Å². The molecule has 0 fully saturated rings. The highest BCUT2D eigenvalue weighted by Gasteiger charge is 2.16. The number of benzene rings is 1. The fourth-order valence-corrected chi connectivity index (χ4v) is 3.31. The van der Waals surface area contributed by atoms with E-state index in [4.69, 9.17) is 4.74 Å². The fraction of sp³-hybridized carbons (Fsp3) is 0.158. The lowest BCUT2D eigenvalue weighted by Gasteiger charge is -2.08. The van der Waals surface area contributed by atoms with Crippen LogP contribution in [0.15, 0.2) is 48.6 Å². The number of aromatic nitrogens is 2. The van der Waals surface area contributed by atoms with Gasteiger partial charge in [-0.2, -0.15) is 0 Å². The molecule has 2 N–H and O–H groups in total. The Labute approximate surface area is 160 Å². The zero-order valence-electron chi connectivity index (χ0n) is 14.7. The van der Waals surface area contributed by atoms with E-state index in [0.29, 0.717) is 5.88 Å². The van der Waals surface area contributed by atoms with Crippen molar-refractivity contribution < 1.29 is 14.3 Å². The van der Waals surface area contributed by atoms with E-state index in [9.17, 15) is 9.59 Å². The van der Waals surface area contributed by atoms with E-state index in [1.807, 2.05) is 36.6 Å². The lowest BCUT2D eigenvalue weighted by molar-refractivity contribution is -0.122. The Balaban J connectivity index is 1.78. The Bertz CT molecular complexity index is 982.